The van der Waals surface area contributed by atoms with Crippen LogP contribution in [0.2, 0.25) is 15.1 Å². The van der Waals surface area contributed by atoms with Gasteiger partial charge in [-0.2, -0.15) is 0 Å². The van der Waals surface area contributed by atoms with Crippen LogP contribution in [0.1, 0.15) is 28.5 Å². The SMILES string of the molecule is Nc1c(Cl)ccc(Cl)c1C1C(=O)NC(O)(c2ccc(Cl)cc2)C1c1ccccc1. The number of aliphatic hydroxyl groups is 1. The largest absolute Gasteiger partial charge is 0.397 e. The molecule has 1 aliphatic heterocycles. The minimum absolute atomic E-state index is 0.223. The fraction of sp³-hybridized carbons (Fsp3) is 0.136. The van der Waals surface area contributed by atoms with E-state index in [0.29, 0.717) is 26.2 Å². The number of carbonyl (C=O) groups is 1. The van der Waals surface area contributed by atoms with Crippen molar-refractivity contribution in [2.24, 2.45) is 0 Å². The molecule has 4 nitrogen and oxygen atoms in total. The summed E-state index contributed by atoms with van der Waals surface area (Å²) >= 11 is 18.7. The van der Waals surface area contributed by atoms with E-state index in [1.54, 1.807) is 36.4 Å². The molecule has 29 heavy (non-hydrogen) atoms. The molecule has 0 bridgehead atoms. The Morgan fingerprint density at radius 3 is 2.17 bits per heavy atom. The lowest BCUT2D eigenvalue weighted by Gasteiger charge is -2.32. The van der Waals surface area contributed by atoms with Crippen molar-refractivity contribution >= 4 is 46.4 Å². The standard InChI is InChI=1S/C22H17Cl3N2O2/c23-14-8-6-13(7-9-14)22(29)19(12-4-2-1-3-5-12)18(21(28)27-22)17-15(24)10-11-16(25)20(17)26/h1-11,18-19,29H,26H2,(H,27,28). The summed E-state index contributed by atoms with van der Waals surface area (Å²) in [4.78, 5) is 13.2. The maximum atomic E-state index is 13.2. The van der Waals surface area contributed by atoms with E-state index in [1.807, 2.05) is 30.3 Å². The monoisotopic (exact) mass is 446 g/mol. The van der Waals surface area contributed by atoms with Gasteiger partial charge in [-0.05, 0) is 29.8 Å². The lowest BCUT2D eigenvalue weighted by Crippen LogP contribution is -2.42. The van der Waals surface area contributed by atoms with Crippen LogP contribution in [0.4, 0.5) is 5.69 Å². The average Bonchev–Trinajstić information content (AvgIpc) is 2.97. The topological polar surface area (TPSA) is 75.4 Å². The van der Waals surface area contributed by atoms with Crippen LogP contribution in [0, 0.1) is 0 Å². The first-order valence-electron chi connectivity index (χ1n) is 8.91. The molecule has 0 saturated carbocycles. The van der Waals surface area contributed by atoms with Gasteiger partial charge in [-0.25, -0.2) is 0 Å². The van der Waals surface area contributed by atoms with Gasteiger partial charge in [0.2, 0.25) is 5.91 Å². The Balaban J connectivity index is 1.96. The summed E-state index contributed by atoms with van der Waals surface area (Å²) < 4.78 is 0. The summed E-state index contributed by atoms with van der Waals surface area (Å²) in [7, 11) is 0. The van der Waals surface area contributed by atoms with Gasteiger partial charge in [-0.3, -0.25) is 4.79 Å². The van der Waals surface area contributed by atoms with Gasteiger partial charge >= 0.3 is 0 Å². The number of anilines is 1. The number of nitrogens with two attached hydrogens (primary N) is 1. The quantitative estimate of drug-likeness (QED) is 0.491. The molecule has 3 unspecified atom stereocenters. The van der Waals surface area contributed by atoms with E-state index in [0.717, 1.165) is 5.56 Å². The molecule has 3 aromatic carbocycles. The molecule has 7 heteroatoms. The third-order valence-corrected chi connectivity index (χ3v) is 6.23. The van der Waals surface area contributed by atoms with E-state index in [9.17, 15) is 9.90 Å². The molecule has 0 spiro atoms. The van der Waals surface area contributed by atoms with Crippen LogP contribution in [0.25, 0.3) is 0 Å². The van der Waals surface area contributed by atoms with Crippen molar-refractivity contribution in [2.75, 3.05) is 5.73 Å². The van der Waals surface area contributed by atoms with Gasteiger partial charge in [0.25, 0.3) is 0 Å². The number of hydrogen-bond donors (Lipinski definition) is 3. The van der Waals surface area contributed by atoms with E-state index in [2.05, 4.69) is 5.32 Å². The predicted octanol–water partition coefficient (Wildman–Crippen LogP) is 5.07. The van der Waals surface area contributed by atoms with Gasteiger partial charge in [0.1, 0.15) is 0 Å². The number of amides is 1. The second kappa shape index (κ2) is 7.54. The second-order valence-corrected chi connectivity index (χ2v) is 8.24. The van der Waals surface area contributed by atoms with Crippen molar-refractivity contribution in [1.29, 1.82) is 0 Å². The van der Waals surface area contributed by atoms with Crippen molar-refractivity contribution in [2.45, 2.75) is 17.6 Å². The zero-order valence-electron chi connectivity index (χ0n) is 15.1. The summed E-state index contributed by atoms with van der Waals surface area (Å²) in [6, 6.07) is 19.2. The van der Waals surface area contributed by atoms with Gasteiger partial charge in [-0.15, -0.1) is 0 Å². The number of hydrogen-bond acceptors (Lipinski definition) is 3. The van der Waals surface area contributed by atoms with E-state index >= 15 is 0 Å². The third kappa shape index (κ3) is 3.36. The van der Waals surface area contributed by atoms with Gasteiger partial charge in [0.15, 0.2) is 5.72 Å². The Hall–Kier alpha value is -2.24. The molecule has 1 amide bonds. The second-order valence-electron chi connectivity index (χ2n) is 6.99. The highest BCUT2D eigenvalue weighted by Gasteiger charge is 2.55. The van der Waals surface area contributed by atoms with Gasteiger partial charge in [0, 0.05) is 21.2 Å². The summed E-state index contributed by atoms with van der Waals surface area (Å²) in [6.45, 7) is 0. The Morgan fingerprint density at radius 1 is 0.897 bits per heavy atom. The Labute approximate surface area is 183 Å². The van der Waals surface area contributed by atoms with Crippen molar-refractivity contribution in [3.8, 4) is 0 Å². The smallest absolute Gasteiger partial charge is 0.230 e. The molecule has 1 saturated heterocycles. The maximum absolute atomic E-state index is 13.2. The lowest BCUT2D eigenvalue weighted by molar-refractivity contribution is -0.123. The molecule has 0 aliphatic carbocycles. The van der Waals surface area contributed by atoms with E-state index in [4.69, 9.17) is 40.5 Å². The fourth-order valence-corrected chi connectivity index (χ4v) is 4.56. The van der Waals surface area contributed by atoms with Gasteiger partial charge in [0.05, 0.1) is 22.5 Å². The lowest BCUT2D eigenvalue weighted by atomic mass is 9.75. The molecule has 148 valence electrons. The van der Waals surface area contributed by atoms with Gasteiger partial charge < -0.3 is 16.2 Å². The first-order chi connectivity index (χ1) is 13.8. The highest BCUT2D eigenvalue weighted by molar-refractivity contribution is 6.36. The summed E-state index contributed by atoms with van der Waals surface area (Å²) in [5.74, 6) is -1.94. The van der Waals surface area contributed by atoms with Crippen molar-refractivity contribution in [3.63, 3.8) is 0 Å². The van der Waals surface area contributed by atoms with Crippen LogP contribution in [-0.2, 0) is 10.5 Å². The minimum atomic E-state index is -1.69. The van der Waals surface area contributed by atoms with Crippen LogP contribution in [-0.4, -0.2) is 11.0 Å². The first-order valence-corrected chi connectivity index (χ1v) is 10.0. The van der Waals surface area contributed by atoms with E-state index < -0.39 is 23.5 Å². The van der Waals surface area contributed by atoms with Crippen LogP contribution < -0.4 is 11.1 Å². The van der Waals surface area contributed by atoms with Crippen LogP contribution in [0.3, 0.4) is 0 Å². The normalized spacial score (nSPS) is 23.8. The summed E-state index contributed by atoms with van der Waals surface area (Å²) in [5, 5.41) is 15.6. The zero-order valence-corrected chi connectivity index (χ0v) is 17.3. The highest BCUT2D eigenvalue weighted by atomic mass is 35.5. The van der Waals surface area contributed by atoms with Crippen LogP contribution in [0.15, 0.2) is 66.7 Å². The molecule has 0 aromatic heterocycles. The molecule has 3 aromatic rings. The molecular formula is C22H17Cl3N2O2. The Kier molecular flexibility index (Phi) is 5.21. The van der Waals surface area contributed by atoms with Crippen molar-refractivity contribution in [1.82, 2.24) is 5.32 Å². The number of benzene rings is 3. The number of rotatable bonds is 3. The molecule has 3 atom stereocenters. The summed E-state index contributed by atoms with van der Waals surface area (Å²) in [6.07, 6.45) is 0. The summed E-state index contributed by atoms with van der Waals surface area (Å²) in [5.41, 5.74) is 6.41. The van der Waals surface area contributed by atoms with E-state index in [1.165, 1.54) is 0 Å². The molecule has 0 radical (unpaired) electrons. The van der Waals surface area contributed by atoms with Gasteiger partial charge in [-0.1, -0.05) is 77.3 Å². The number of nitrogens with one attached hydrogen (secondary N) is 1. The number of nitrogen functional groups attached to an aromatic ring is 1. The molecule has 1 fully saturated rings. The molecule has 1 heterocycles. The third-order valence-electron chi connectivity index (χ3n) is 5.31. The van der Waals surface area contributed by atoms with Crippen molar-refractivity contribution < 1.29 is 9.90 Å². The molecule has 4 rings (SSSR count). The maximum Gasteiger partial charge on any atom is 0.230 e. The zero-order chi connectivity index (χ0) is 20.8. The Bertz CT molecular complexity index is 1070. The number of halogens is 3. The van der Waals surface area contributed by atoms with E-state index in [-0.39, 0.29) is 5.69 Å². The van der Waals surface area contributed by atoms with Crippen LogP contribution >= 0.6 is 34.8 Å². The molecular weight excluding hydrogens is 431 g/mol. The first kappa shape index (κ1) is 20.0. The predicted molar refractivity (Wildman–Crippen MR) is 116 cm³/mol. The average molecular weight is 448 g/mol. The Morgan fingerprint density at radius 2 is 1.52 bits per heavy atom. The molecule has 4 N–H and O–H groups in total. The van der Waals surface area contributed by atoms with Crippen LogP contribution in [0.5, 0.6) is 0 Å². The van der Waals surface area contributed by atoms with Crippen molar-refractivity contribution in [3.05, 3.63) is 98.5 Å². The highest BCUT2D eigenvalue weighted by Crippen LogP contribution is 2.52. The fourth-order valence-electron chi connectivity index (χ4n) is 3.98. The minimum Gasteiger partial charge on any atom is -0.397 e. The molecule has 1 aliphatic rings. The number of carbonyl (C=O) groups excluding carboxylic acids is 1.